The normalized spacial score (nSPS) is 18.4. The fraction of sp³-hybridized carbons (Fsp3) is 0.550. The van der Waals surface area contributed by atoms with Crippen LogP contribution in [0.4, 0.5) is 0 Å². The van der Waals surface area contributed by atoms with Crippen molar-refractivity contribution in [3.05, 3.63) is 41.5 Å². The molecule has 0 aliphatic carbocycles. The van der Waals surface area contributed by atoms with Crippen LogP contribution in [0, 0.1) is 0 Å². The maximum Gasteiger partial charge on any atom is 0.219 e. The molecule has 1 aromatic heterocycles. The van der Waals surface area contributed by atoms with E-state index in [1.807, 2.05) is 17.0 Å². The van der Waals surface area contributed by atoms with Crippen LogP contribution in [0.15, 0.2) is 24.3 Å². The Hall–Kier alpha value is -2.41. The number of carbonyl (C=O) groups excluding carboxylic acids is 1. The molecule has 1 fully saturated rings. The summed E-state index contributed by atoms with van der Waals surface area (Å²) in [4.78, 5) is 15.9. The zero-order valence-corrected chi connectivity index (χ0v) is 16.1. The molecule has 0 N–H and O–H groups in total. The van der Waals surface area contributed by atoms with Crippen molar-refractivity contribution in [2.24, 2.45) is 0 Å². The minimum Gasteiger partial charge on any atom is -0.497 e. The molecule has 0 radical (unpaired) electrons. The van der Waals surface area contributed by atoms with Crippen LogP contribution in [-0.4, -0.2) is 57.2 Å². The van der Waals surface area contributed by atoms with E-state index in [9.17, 15) is 4.79 Å². The van der Waals surface area contributed by atoms with Gasteiger partial charge in [0.1, 0.15) is 17.4 Å². The molecule has 0 unspecified atom stereocenters. The van der Waals surface area contributed by atoms with Gasteiger partial charge in [-0.15, -0.1) is 10.2 Å². The third kappa shape index (κ3) is 3.83. The lowest BCUT2D eigenvalue weighted by Gasteiger charge is -2.32. The zero-order chi connectivity index (χ0) is 18.8. The fourth-order valence-electron chi connectivity index (χ4n) is 4.15. The standard InChI is InChI=1S/C20H27N5O2/c1-15(26)24-8-6-17(7-9-24)20-22-21-19-14-23(10-11-25(19)20)13-16-4-3-5-18(12-16)27-2/h3-5,12,17H,6-11,13-14H2,1-2H3. The van der Waals surface area contributed by atoms with E-state index < -0.39 is 0 Å². The van der Waals surface area contributed by atoms with Gasteiger partial charge in [0.25, 0.3) is 0 Å². The number of rotatable bonds is 4. The highest BCUT2D eigenvalue weighted by atomic mass is 16.5. The smallest absolute Gasteiger partial charge is 0.219 e. The number of carbonyl (C=O) groups is 1. The lowest BCUT2D eigenvalue weighted by atomic mass is 9.95. The average molecular weight is 369 g/mol. The summed E-state index contributed by atoms with van der Waals surface area (Å²) in [7, 11) is 1.70. The van der Waals surface area contributed by atoms with E-state index in [0.29, 0.717) is 5.92 Å². The first kappa shape index (κ1) is 18.0. The number of amides is 1. The van der Waals surface area contributed by atoms with Crippen molar-refractivity contribution in [1.29, 1.82) is 0 Å². The second kappa shape index (κ2) is 7.68. The third-order valence-corrected chi connectivity index (χ3v) is 5.71. The van der Waals surface area contributed by atoms with Crippen LogP contribution in [0.5, 0.6) is 5.75 Å². The molecule has 4 rings (SSSR count). The molecule has 7 nitrogen and oxygen atoms in total. The molecule has 27 heavy (non-hydrogen) atoms. The molecule has 1 aromatic carbocycles. The summed E-state index contributed by atoms with van der Waals surface area (Å²) in [5, 5.41) is 9.00. The summed E-state index contributed by atoms with van der Waals surface area (Å²) >= 11 is 0. The first-order valence-electron chi connectivity index (χ1n) is 9.67. The van der Waals surface area contributed by atoms with E-state index >= 15 is 0 Å². The quantitative estimate of drug-likeness (QED) is 0.825. The van der Waals surface area contributed by atoms with Crippen molar-refractivity contribution in [2.45, 2.75) is 45.3 Å². The molecule has 0 atom stereocenters. The van der Waals surface area contributed by atoms with Crippen LogP contribution in [-0.2, 0) is 24.4 Å². The Labute approximate surface area is 159 Å². The van der Waals surface area contributed by atoms with Crippen molar-refractivity contribution in [2.75, 3.05) is 26.7 Å². The summed E-state index contributed by atoms with van der Waals surface area (Å²) < 4.78 is 7.63. The van der Waals surface area contributed by atoms with E-state index in [1.165, 1.54) is 5.56 Å². The minimum absolute atomic E-state index is 0.171. The van der Waals surface area contributed by atoms with E-state index in [2.05, 4.69) is 31.8 Å². The van der Waals surface area contributed by atoms with Crippen molar-refractivity contribution < 1.29 is 9.53 Å². The molecular formula is C20H27N5O2. The second-order valence-electron chi connectivity index (χ2n) is 7.47. The first-order valence-corrected chi connectivity index (χ1v) is 9.67. The van der Waals surface area contributed by atoms with Gasteiger partial charge in [0.05, 0.1) is 13.7 Å². The van der Waals surface area contributed by atoms with Gasteiger partial charge in [0.15, 0.2) is 0 Å². The van der Waals surface area contributed by atoms with Crippen LogP contribution in [0.2, 0.25) is 0 Å². The average Bonchev–Trinajstić information content (AvgIpc) is 3.11. The van der Waals surface area contributed by atoms with Gasteiger partial charge in [-0.25, -0.2) is 0 Å². The predicted molar refractivity (Wildman–Crippen MR) is 101 cm³/mol. The molecular weight excluding hydrogens is 342 g/mol. The van der Waals surface area contributed by atoms with Gasteiger partial charge in [0, 0.05) is 45.6 Å². The second-order valence-corrected chi connectivity index (χ2v) is 7.47. The van der Waals surface area contributed by atoms with Gasteiger partial charge in [0.2, 0.25) is 5.91 Å². The highest BCUT2D eigenvalue weighted by molar-refractivity contribution is 5.73. The molecule has 7 heteroatoms. The summed E-state index contributed by atoms with van der Waals surface area (Å²) in [6, 6.07) is 8.23. The molecule has 0 saturated carbocycles. The molecule has 2 aliphatic rings. The van der Waals surface area contributed by atoms with Gasteiger partial charge in [-0.3, -0.25) is 9.69 Å². The topological polar surface area (TPSA) is 63.5 Å². The summed E-state index contributed by atoms with van der Waals surface area (Å²) in [5.41, 5.74) is 1.25. The number of ether oxygens (including phenoxy) is 1. The Morgan fingerprint density at radius 2 is 2.00 bits per heavy atom. The Kier molecular flexibility index (Phi) is 5.11. The zero-order valence-electron chi connectivity index (χ0n) is 16.1. The molecule has 2 aromatic rings. The maximum absolute atomic E-state index is 11.5. The lowest BCUT2D eigenvalue weighted by molar-refractivity contribution is -0.129. The number of aromatic nitrogens is 3. The number of likely N-dealkylation sites (tertiary alicyclic amines) is 1. The van der Waals surface area contributed by atoms with E-state index in [1.54, 1.807) is 14.0 Å². The number of nitrogens with zero attached hydrogens (tertiary/aromatic N) is 5. The Balaban J connectivity index is 1.41. The highest BCUT2D eigenvalue weighted by Crippen LogP contribution is 2.29. The van der Waals surface area contributed by atoms with Gasteiger partial charge in [-0.2, -0.15) is 0 Å². The number of piperidine rings is 1. The van der Waals surface area contributed by atoms with Crippen molar-refractivity contribution >= 4 is 5.91 Å². The molecule has 1 amide bonds. The predicted octanol–water partition coefficient (Wildman–Crippen LogP) is 2.03. The van der Waals surface area contributed by atoms with E-state index in [0.717, 1.165) is 69.5 Å². The Morgan fingerprint density at radius 3 is 2.74 bits per heavy atom. The van der Waals surface area contributed by atoms with Crippen molar-refractivity contribution in [3.8, 4) is 5.75 Å². The van der Waals surface area contributed by atoms with E-state index in [4.69, 9.17) is 4.74 Å². The number of hydrogen-bond donors (Lipinski definition) is 0. The van der Waals surface area contributed by atoms with Gasteiger partial charge >= 0.3 is 0 Å². The Bertz CT molecular complexity index is 810. The van der Waals surface area contributed by atoms with Gasteiger partial charge in [-0.05, 0) is 30.5 Å². The van der Waals surface area contributed by atoms with E-state index in [-0.39, 0.29) is 5.91 Å². The van der Waals surface area contributed by atoms with Gasteiger partial charge in [-0.1, -0.05) is 12.1 Å². The molecule has 0 bridgehead atoms. The summed E-state index contributed by atoms with van der Waals surface area (Å²) in [6.07, 6.45) is 1.95. The Morgan fingerprint density at radius 1 is 1.19 bits per heavy atom. The molecule has 3 heterocycles. The van der Waals surface area contributed by atoms with Crippen LogP contribution < -0.4 is 4.74 Å². The van der Waals surface area contributed by atoms with Crippen molar-refractivity contribution in [1.82, 2.24) is 24.6 Å². The van der Waals surface area contributed by atoms with Crippen LogP contribution in [0.1, 0.15) is 42.9 Å². The number of methoxy groups -OCH3 is 1. The number of fused-ring (bicyclic) bond motifs is 1. The highest BCUT2D eigenvalue weighted by Gasteiger charge is 2.29. The fourth-order valence-corrected chi connectivity index (χ4v) is 4.15. The first-order chi connectivity index (χ1) is 13.1. The summed E-state index contributed by atoms with van der Waals surface area (Å²) in [5.74, 6) is 3.63. The number of benzene rings is 1. The SMILES string of the molecule is COc1cccc(CN2CCn3c(nnc3C3CCN(C(C)=O)CC3)C2)c1. The van der Waals surface area contributed by atoms with Crippen molar-refractivity contribution in [3.63, 3.8) is 0 Å². The molecule has 144 valence electrons. The van der Waals surface area contributed by atoms with Crippen LogP contribution in [0.3, 0.4) is 0 Å². The van der Waals surface area contributed by atoms with Gasteiger partial charge < -0.3 is 14.2 Å². The monoisotopic (exact) mass is 369 g/mol. The van der Waals surface area contributed by atoms with Crippen LogP contribution in [0.25, 0.3) is 0 Å². The lowest BCUT2D eigenvalue weighted by Crippen LogP contribution is -2.38. The largest absolute Gasteiger partial charge is 0.497 e. The number of hydrogen-bond acceptors (Lipinski definition) is 5. The maximum atomic E-state index is 11.5. The third-order valence-electron chi connectivity index (χ3n) is 5.71. The molecule has 1 saturated heterocycles. The molecule has 2 aliphatic heterocycles. The molecule has 0 spiro atoms. The minimum atomic E-state index is 0.171. The van der Waals surface area contributed by atoms with Crippen LogP contribution >= 0.6 is 0 Å². The summed E-state index contributed by atoms with van der Waals surface area (Å²) in [6.45, 7) is 6.91.